The third-order valence-electron chi connectivity index (χ3n) is 3.92. The molecule has 1 unspecified atom stereocenters. The van der Waals surface area contributed by atoms with Crippen LogP contribution in [-0.2, 0) is 24.5 Å². The van der Waals surface area contributed by atoms with Gasteiger partial charge in [0.25, 0.3) is 5.91 Å². The predicted molar refractivity (Wildman–Crippen MR) is 105 cm³/mol. The first-order valence-electron chi connectivity index (χ1n) is 8.01. The van der Waals surface area contributed by atoms with Crippen molar-refractivity contribution in [2.45, 2.75) is 21.9 Å². The van der Waals surface area contributed by atoms with Crippen molar-refractivity contribution in [1.82, 2.24) is 0 Å². The number of aliphatic hydroxyl groups is 1. The molecule has 0 saturated heterocycles. The van der Waals surface area contributed by atoms with Gasteiger partial charge in [-0.15, -0.1) is 0 Å². The topological polar surface area (TPSA) is 144 Å². The summed E-state index contributed by atoms with van der Waals surface area (Å²) in [5.74, 6) is -0.785. The normalized spacial score (nSPS) is 14.7. The fourth-order valence-corrected chi connectivity index (χ4v) is 3.54. The highest BCUT2D eigenvalue weighted by Crippen LogP contribution is 2.19. The lowest BCUT2D eigenvalue weighted by Crippen LogP contribution is -2.35. The van der Waals surface area contributed by atoms with E-state index < -0.39 is 37.7 Å². The Kier molecular flexibility index (Phi) is 6.50. The molecule has 28 heavy (non-hydrogen) atoms. The fourth-order valence-electron chi connectivity index (χ4n) is 2.28. The van der Waals surface area contributed by atoms with Crippen LogP contribution in [-0.4, -0.2) is 52.6 Å². The van der Waals surface area contributed by atoms with E-state index in [1.165, 1.54) is 54.7 Å². The molecular formula is C18H20N2O6S2. The summed E-state index contributed by atoms with van der Waals surface area (Å²) in [5, 5.41) is 10.2. The molecule has 2 aromatic carbocycles. The first-order valence-corrected chi connectivity index (χ1v) is 11.8. The summed E-state index contributed by atoms with van der Waals surface area (Å²) in [4.78, 5) is 16.0. The van der Waals surface area contributed by atoms with Crippen molar-refractivity contribution in [3.63, 3.8) is 0 Å². The van der Waals surface area contributed by atoms with E-state index >= 15 is 0 Å². The number of aliphatic hydroxyl groups excluding tert-OH is 1. The Bertz CT molecular complexity index is 1090. The van der Waals surface area contributed by atoms with E-state index in [0.29, 0.717) is 5.56 Å². The van der Waals surface area contributed by atoms with Crippen LogP contribution in [0.15, 0.2) is 63.3 Å². The number of aliphatic imine (C=N–C) groups is 1. The number of rotatable bonds is 6. The Morgan fingerprint density at radius 1 is 0.929 bits per heavy atom. The predicted octanol–water partition coefficient (Wildman–Crippen LogP) is 0.500. The van der Waals surface area contributed by atoms with Crippen LogP contribution in [0.2, 0.25) is 0 Å². The van der Waals surface area contributed by atoms with E-state index in [4.69, 9.17) is 5.73 Å². The van der Waals surface area contributed by atoms with E-state index in [9.17, 15) is 26.7 Å². The van der Waals surface area contributed by atoms with Gasteiger partial charge in [0.1, 0.15) is 12.1 Å². The van der Waals surface area contributed by atoms with E-state index in [-0.39, 0.29) is 15.4 Å². The van der Waals surface area contributed by atoms with Crippen molar-refractivity contribution in [3.8, 4) is 0 Å². The molecule has 10 heteroatoms. The lowest BCUT2D eigenvalue weighted by atomic mass is 10.0. The van der Waals surface area contributed by atoms with Crippen molar-refractivity contribution in [2.75, 3.05) is 12.5 Å². The number of carbonyl (C=O) groups excluding carboxylic acids is 1. The summed E-state index contributed by atoms with van der Waals surface area (Å²) in [7, 11) is -6.70. The molecule has 8 nitrogen and oxygen atoms in total. The Morgan fingerprint density at radius 3 is 1.79 bits per heavy atom. The summed E-state index contributed by atoms with van der Waals surface area (Å²) in [5.41, 5.74) is 6.52. The molecule has 2 atom stereocenters. The van der Waals surface area contributed by atoms with Crippen molar-refractivity contribution >= 4 is 31.8 Å². The van der Waals surface area contributed by atoms with E-state index in [1.54, 1.807) is 0 Å². The average molecular weight is 425 g/mol. The molecule has 0 bridgehead atoms. The molecule has 0 radical (unpaired) electrons. The third-order valence-corrected chi connectivity index (χ3v) is 6.18. The smallest absolute Gasteiger partial charge is 0.265 e. The Hall–Kier alpha value is -2.40. The van der Waals surface area contributed by atoms with E-state index in [2.05, 4.69) is 4.99 Å². The van der Waals surface area contributed by atoms with Crippen LogP contribution >= 0.6 is 0 Å². The largest absolute Gasteiger partial charge is 0.386 e. The molecule has 0 aliphatic carbocycles. The van der Waals surface area contributed by atoms with Gasteiger partial charge in [-0.05, 0) is 35.4 Å². The second-order valence-electron chi connectivity index (χ2n) is 6.25. The maximum atomic E-state index is 12.1. The second-order valence-corrected chi connectivity index (χ2v) is 10.3. The highest BCUT2D eigenvalue weighted by molar-refractivity contribution is 7.91. The van der Waals surface area contributed by atoms with Gasteiger partial charge in [-0.1, -0.05) is 24.3 Å². The van der Waals surface area contributed by atoms with Gasteiger partial charge >= 0.3 is 0 Å². The van der Waals surface area contributed by atoms with Crippen LogP contribution in [0.25, 0.3) is 0 Å². The number of amides is 1. The van der Waals surface area contributed by atoms with Crippen LogP contribution in [0.4, 0.5) is 0 Å². The first kappa shape index (κ1) is 21.9. The summed E-state index contributed by atoms with van der Waals surface area (Å²) in [6, 6.07) is 9.78. The molecule has 0 saturated carbocycles. The van der Waals surface area contributed by atoms with Crippen LogP contribution in [0.5, 0.6) is 0 Å². The van der Waals surface area contributed by atoms with Crippen molar-refractivity contribution < 1.29 is 26.7 Å². The second kappa shape index (κ2) is 8.31. The van der Waals surface area contributed by atoms with Crippen molar-refractivity contribution in [1.29, 1.82) is 0 Å². The van der Waals surface area contributed by atoms with E-state index in [0.717, 1.165) is 12.5 Å². The Labute approximate surface area is 163 Å². The molecule has 1 amide bonds. The molecule has 0 fully saturated rings. The first-order chi connectivity index (χ1) is 12.9. The zero-order valence-corrected chi connectivity index (χ0v) is 16.8. The summed E-state index contributed by atoms with van der Waals surface area (Å²) >= 11 is 0. The number of hydrogen-bond donors (Lipinski definition) is 2. The van der Waals surface area contributed by atoms with Gasteiger partial charge in [-0.2, -0.15) is 0 Å². The van der Waals surface area contributed by atoms with Crippen molar-refractivity contribution in [2.24, 2.45) is 10.7 Å². The molecular weight excluding hydrogens is 404 g/mol. The third kappa shape index (κ3) is 5.55. The minimum Gasteiger partial charge on any atom is -0.386 e. The minimum atomic E-state index is -3.37. The van der Waals surface area contributed by atoms with E-state index in [1.807, 2.05) is 0 Å². The molecule has 0 aliphatic heterocycles. The lowest BCUT2D eigenvalue weighted by molar-refractivity contribution is -0.121. The van der Waals surface area contributed by atoms with Gasteiger partial charge in [-0.3, -0.25) is 4.79 Å². The summed E-state index contributed by atoms with van der Waals surface area (Å²) in [6.07, 6.45) is 1.99. The standard InChI is InChI=1S/C18H20N2O6S2/c1-27(23,24)14-7-3-12(4-8-14)11-20-18(22)16(19)17(21)13-5-9-15(10-6-13)28(2,25)26/h3-11,16-17,21H,19H2,1-2H3/t16-,17?/m0/s1. The number of nitrogens with zero attached hydrogens (tertiary/aromatic N) is 1. The molecule has 0 heterocycles. The Balaban J connectivity index is 2.10. The van der Waals surface area contributed by atoms with Crippen LogP contribution in [0.1, 0.15) is 17.2 Å². The summed E-state index contributed by atoms with van der Waals surface area (Å²) < 4.78 is 45.8. The molecule has 2 aromatic rings. The monoisotopic (exact) mass is 424 g/mol. The number of benzene rings is 2. The van der Waals surface area contributed by atoms with Crippen LogP contribution in [0.3, 0.4) is 0 Å². The van der Waals surface area contributed by atoms with Gasteiger partial charge in [0.05, 0.1) is 9.79 Å². The summed E-state index contributed by atoms with van der Waals surface area (Å²) in [6.45, 7) is 0. The van der Waals surface area contributed by atoms with Crippen LogP contribution in [0, 0.1) is 0 Å². The SMILES string of the molecule is CS(=O)(=O)c1ccc(C=NC(=O)[C@@H](N)C(O)c2ccc(S(C)(=O)=O)cc2)cc1. The molecule has 3 N–H and O–H groups in total. The quantitative estimate of drug-likeness (QED) is 0.643. The zero-order valence-electron chi connectivity index (χ0n) is 15.2. The maximum absolute atomic E-state index is 12.1. The lowest BCUT2D eigenvalue weighted by Gasteiger charge is -2.16. The average Bonchev–Trinajstić information content (AvgIpc) is 2.64. The van der Waals surface area contributed by atoms with Gasteiger partial charge in [0.15, 0.2) is 19.7 Å². The number of hydrogen-bond acceptors (Lipinski definition) is 7. The molecule has 2 rings (SSSR count). The van der Waals surface area contributed by atoms with Crippen LogP contribution < -0.4 is 5.73 Å². The molecule has 150 valence electrons. The molecule has 0 aromatic heterocycles. The van der Waals surface area contributed by atoms with Gasteiger partial charge < -0.3 is 10.8 Å². The fraction of sp³-hybridized carbons (Fsp3) is 0.222. The number of carbonyl (C=O) groups is 1. The number of sulfone groups is 2. The van der Waals surface area contributed by atoms with Gasteiger partial charge in [-0.25, -0.2) is 21.8 Å². The van der Waals surface area contributed by atoms with Gasteiger partial charge in [0, 0.05) is 18.7 Å². The zero-order chi connectivity index (χ0) is 21.1. The highest BCUT2D eigenvalue weighted by atomic mass is 32.2. The van der Waals surface area contributed by atoms with Crippen molar-refractivity contribution in [3.05, 3.63) is 59.7 Å². The molecule has 0 aliphatic rings. The highest BCUT2D eigenvalue weighted by Gasteiger charge is 2.24. The maximum Gasteiger partial charge on any atom is 0.265 e. The number of nitrogens with two attached hydrogens (primary N) is 1. The minimum absolute atomic E-state index is 0.0823. The molecule has 0 spiro atoms. The van der Waals surface area contributed by atoms with Gasteiger partial charge in [0.2, 0.25) is 0 Å². The Morgan fingerprint density at radius 2 is 1.36 bits per heavy atom.